The molecule has 0 bridgehead atoms. The highest BCUT2D eigenvalue weighted by molar-refractivity contribution is 5.74. The third-order valence-electron chi connectivity index (χ3n) is 3.06. The SMILES string of the molecule is O=C(O)C1CCCC2CC=CC=C21. The minimum Gasteiger partial charge on any atom is -0.481 e. The fraction of sp³-hybridized carbons (Fsp3) is 0.545. The second-order valence-electron chi connectivity index (χ2n) is 3.85. The Balaban J connectivity index is 2.24. The number of hydrogen-bond donors (Lipinski definition) is 1. The summed E-state index contributed by atoms with van der Waals surface area (Å²) in [6, 6.07) is 0. The van der Waals surface area contributed by atoms with Crippen molar-refractivity contribution < 1.29 is 9.90 Å². The predicted molar refractivity (Wildman–Crippen MR) is 50.3 cm³/mol. The number of carbonyl (C=O) groups is 1. The zero-order valence-corrected chi connectivity index (χ0v) is 7.57. The maximum Gasteiger partial charge on any atom is 0.310 e. The van der Waals surface area contributed by atoms with E-state index in [1.54, 1.807) is 0 Å². The van der Waals surface area contributed by atoms with Gasteiger partial charge in [-0.25, -0.2) is 0 Å². The van der Waals surface area contributed by atoms with Gasteiger partial charge in [0.05, 0.1) is 5.92 Å². The molecule has 2 rings (SSSR count). The summed E-state index contributed by atoms with van der Waals surface area (Å²) in [5, 5.41) is 9.01. The summed E-state index contributed by atoms with van der Waals surface area (Å²) in [6.45, 7) is 0. The van der Waals surface area contributed by atoms with Crippen LogP contribution in [0.25, 0.3) is 0 Å². The van der Waals surface area contributed by atoms with Gasteiger partial charge in [-0.1, -0.05) is 30.2 Å². The Bertz CT molecular complexity index is 276. The van der Waals surface area contributed by atoms with Crippen molar-refractivity contribution in [1.29, 1.82) is 0 Å². The summed E-state index contributed by atoms with van der Waals surface area (Å²) >= 11 is 0. The van der Waals surface area contributed by atoms with Crippen LogP contribution >= 0.6 is 0 Å². The molecule has 0 aromatic carbocycles. The Hall–Kier alpha value is -1.05. The summed E-state index contributed by atoms with van der Waals surface area (Å²) in [5.74, 6) is -0.338. The lowest BCUT2D eigenvalue weighted by Crippen LogP contribution is -2.26. The van der Waals surface area contributed by atoms with E-state index in [1.165, 1.54) is 6.42 Å². The van der Waals surface area contributed by atoms with Crippen molar-refractivity contribution in [3.63, 3.8) is 0 Å². The van der Waals surface area contributed by atoms with Gasteiger partial charge in [0, 0.05) is 0 Å². The van der Waals surface area contributed by atoms with Crippen molar-refractivity contribution in [3.8, 4) is 0 Å². The second-order valence-corrected chi connectivity index (χ2v) is 3.85. The van der Waals surface area contributed by atoms with Gasteiger partial charge in [0.1, 0.15) is 0 Å². The number of aliphatic carboxylic acids is 1. The molecule has 1 N–H and O–H groups in total. The van der Waals surface area contributed by atoms with E-state index in [2.05, 4.69) is 6.08 Å². The normalized spacial score (nSPS) is 32.2. The maximum absolute atomic E-state index is 10.9. The molecule has 1 saturated carbocycles. The first kappa shape index (κ1) is 8.54. The van der Waals surface area contributed by atoms with Gasteiger partial charge in [-0.05, 0) is 25.2 Å². The Labute approximate surface area is 78.0 Å². The number of allylic oxidation sites excluding steroid dienone is 3. The quantitative estimate of drug-likeness (QED) is 0.669. The van der Waals surface area contributed by atoms with Crippen molar-refractivity contribution in [2.75, 3.05) is 0 Å². The molecule has 13 heavy (non-hydrogen) atoms. The van der Waals surface area contributed by atoms with E-state index in [4.69, 9.17) is 5.11 Å². The Kier molecular flexibility index (Phi) is 2.21. The van der Waals surface area contributed by atoms with Crippen molar-refractivity contribution in [3.05, 3.63) is 23.8 Å². The van der Waals surface area contributed by atoms with E-state index >= 15 is 0 Å². The van der Waals surface area contributed by atoms with E-state index in [-0.39, 0.29) is 5.92 Å². The van der Waals surface area contributed by atoms with Gasteiger partial charge in [0.2, 0.25) is 0 Å². The molecule has 2 nitrogen and oxygen atoms in total. The molecular formula is C11H14O2. The Morgan fingerprint density at radius 2 is 2.31 bits per heavy atom. The highest BCUT2D eigenvalue weighted by Crippen LogP contribution is 2.38. The lowest BCUT2D eigenvalue weighted by molar-refractivity contribution is -0.141. The molecule has 0 aliphatic heterocycles. The van der Waals surface area contributed by atoms with Crippen molar-refractivity contribution in [2.45, 2.75) is 25.7 Å². The second kappa shape index (κ2) is 3.36. The molecule has 2 aliphatic carbocycles. The predicted octanol–water partition coefficient (Wildman–Crippen LogP) is 2.37. The van der Waals surface area contributed by atoms with Crippen LogP contribution in [0.1, 0.15) is 25.7 Å². The number of fused-ring (bicyclic) bond motifs is 1. The zero-order valence-electron chi connectivity index (χ0n) is 7.57. The van der Waals surface area contributed by atoms with Gasteiger partial charge in [-0.2, -0.15) is 0 Å². The smallest absolute Gasteiger partial charge is 0.310 e. The lowest BCUT2D eigenvalue weighted by atomic mass is 9.73. The summed E-state index contributed by atoms with van der Waals surface area (Å²) in [7, 11) is 0. The van der Waals surface area contributed by atoms with Crippen LogP contribution in [0.4, 0.5) is 0 Å². The monoisotopic (exact) mass is 178 g/mol. The standard InChI is InChI=1S/C11H14O2/c12-11(13)10-7-3-5-8-4-1-2-6-9(8)10/h1-2,6,8,10H,3-5,7H2,(H,12,13). The number of rotatable bonds is 1. The summed E-state index contributed by atoms with van der Waals surface area (Å²) in [6.07, 6.45) is 10.2. The topological polar surface area (TPSA) is 37.3 Å². The average Bonchev–Trinajstić information content (AvgIpc) is 2.17. The zero-order chi connectivity index (χ0) is 9.26. The fourth-order valence-electron chi connectivity index (χ4n) is 2.38. The fourth-order valence-corrected chi connectivity index (χ4v) is 2.38. The molecule has 1 fully saturated rings. The van der Waals surface area contributed by atoms with Crippen LogP contribution in [0, 0.1) is 11.8 Å². The average molecular weight is 178 g/mol. The molecule has 0 amide bonds. The molecule has 2 aliphatic rings. The molecule has 70 valence electrons. The van der Waals surface area contributed by atoms with Gasteiger partial charge in [-0.3, -0.25) is 4.79 Å². The molecule has 2 heteroatoms. The number of carboxylic acid groups (broad SMARTS) is 1. The van der Waals surface area contributed by atoms with Gasteiger partial charge in [0.25, 0.3) is 0 Å². The van der Waals surface area contributed by atoms with Crippen LogP contribution < -0.4 is 0 Å². The van der Waals surface area contributed by atoms with Crippen molar-refractivity contribution in [2.24, 2.45) is 11.8 Å². The minimum atomic E-state index is -0.647. The molecule has 2 atom stereocenters. The van der Waals surface area contributed by atoms with E-state index in [1.807, 2.05) is 12.2 Å². The minimum absolute atomic E-state index is 0.205. The summed E-state index contributed by atoms with van der Waals surface area (Å²) < 4.78 is 0. The molecule has 0 spiro atoms. The van der Waals surface area contributed by atoms with Crippen LogP contribution in [-0.4, -0.2) is 11.1 Å². The number of hydrogen-bond acceptors (Lipinski definition) is 1. The molecule has 0 radical (unpaired) electrons. The highest BCUT2D eigenvalue weighted by Gasteiger charge is 2.31. The molecule has 2 unspecified atom stereocenters. The molecule has 0 aromatic heterocycles. The van der Waals surface area contributed by atoms with E-state index in [0.29, 0.717) is 5.92 Å². The first-order valence-corrected chi connectivity index (χ1v) is 4.88. The van der Waals surface area contributed by atoms with Gasteiger partial charge in [0.15, 0.2) is 0 Å². The van der Waals surface area contributed by atoms with Crippen LogP contribution in [0.5, 0.6) is 0 Å². The van der Waals surface area contributed by atoms with Gasteiger partial charge < -0.3 is 5.11 Å². The first-order valence-electron chi connectivity index (χ1n) is 4.88. The number of carboxylic acids is 1. The van der Waals surface area contributed by atoms with E-state index in [9.17, 15) is 4.79 Å². The lowest BCUT2D eigenvalue weighted by Gasteiger charge is -2.31. The van der Waals surface area contributed by atoms with Gasteiger partial charge >= 0.3 is 5.97 Å². The molecule has 0 heterocycles. The summed E-state index contributed by atoms with van der Waals surface area (Å²) in [4.78, 5) is 10.9. The van der Waals surface area contributed by atoms with Crippen LogP contribution in [0.2, 0.25) is 0 Å². The molecule has 0 aromatic rings. The first-order chi connectivity index (χ1) is 6.29. The van der Waals surface area contributed by atoms with E-state index in [0.717, 1.165) is 24.8 Å². The van der Waals surface area contributed by atoms with Crippen LogP contribution in [0.15, 0.2) is 23.8 Å². The third-order valence-corrected chi connectivity index (χ3v) is 3.06. The van der Waals surface area contributed by atoms with Crippen LogP contribution in [0.3, 0.4) is 0 Å². The summed E-state index contributed by atoms with van der Waals surface area (Å²) in [5.41, 5.74) is 1.15. The Morgan fingerprint density at radius 3 is 3.08 bits per heavy atom. The highest BCUT2D eigenvalue weighted by atomic mass is 16.4. The molecular weight excluding hydrogens is 164 g/mol. The van der Waals surface area contributed by atoms with E-state index < -0.39 is 5.97 Å². The maximum atomic E-state index is 10.9. The van der Waals surface area contributed by atoms with Crippen LogP contribution in [-0.2, 0) is 4.79 Å². The van der Waals surface area contributed by atoms with Crippen molar-refractivity contribution >= 4 is 5.97 Å². The van der Waals surface area contributed by atoms with Gasteiger partial charge in [-0.15, -0.1) is 0 Å². The van der Waals surface area contributed by atoms with Crippen molar-refractivity contribution in [1.82, 2.24) is 0 Å². The third kappa shape index (κ3) is 1.53. The molecule has 0 saturated heterocycles. The Morgan fingerprint density at radius 1 is 1.46 bits per heavy atom. The largest absolute Gasteiger partial charge is 0.481 e.